The molecule has 3 rings (SSSR count). The lowest BCUT2D eigenvalue weighted by Crippen LogP contribution is -2.17. The number of hydrogen-bond donors (Lipinski definition) is 1. The number of nitrogens with zero attached hydrogens (tertiary/aromatic N) is 2. The van der Waals surface area contributed by atoms with Crippen LogP contribution >= 0.6 is 0 Å². The molecule has 8 nitrogen and oxygen atoms in total. The molecule has 0 aliphatic carbocycles. The van der Waals surface area contributed by atoms with Gasteiger partial charge in [-0.25, -0.2) is 10.2 Å². The van der Waals surface area contributed by atoms with Crippen molar-refractivity contribution in [1.29, 1.82) is 0 Å². The minimum absolute atomic E-state index is 0.122. The highest BCUT2D eigenvalue weighted by Gasteiger charge is 2.13. The van der Waals surface area contributed by atoms with Gasteiger partial charge in [-0.3, -0.25) is 14.9 Å². The third kappa shape index (κ3) is 5.10. The standard InChI is InChI=1S/C21H15N3O5/c25-20(15-6-2-1-3-7-15)23-22-14-17-8-4-5-9-19(17)29-21(26)16-10-12-18(13-11-16)24(27)28/h1-14H,(H,23,25)/b22-14+. The van der Waals surface area contributed by atoms with Crippen LogP contribution in [0.5, 0.6) is 5.75 Å². The maximum atomic E-state index is 12.3. The highest BCUT2D eigenvalue weighted by Crippen LogP contribution is 2.19. The molecule has 0 heterocycles. The Balaban J connectivity index is 1.69. The van der Waals surface area contributed by atoms with E-state index >= 15 is 0 Å². The average molecular weight is 389 g/mol. The molecule has 0 unspecified atom stereocenters. The largest absolute Gasteiger partial charge is 0.422 e. The van der Waals surface area contributed by atoms with E-state index in [4.69, 9.17) is 4.74 Å². The summed E-state index contributed by atoms with van der Waals surface area (Å²) in [6.45, 7) is 0. The second-order valence-corrected chi connectivity index (χ2v) is 5.80. The SMILES string of the molecule is O=C(N/N=C/c1ccccc1OC(=O)c1ccc([N+](=O)[O-])cc1)c1ccccc1. The van der Waals surface area contributed by atoms with Gasteiger partial charge in [0.15, 0.2) is 0 Å². The molecule has 3 aromatic carbocycles. The fourth-order valence-corrected chi connectivity index (χ4v) is 2.37. The molecule has 1 N–H and O–H groups in total. The lowest BCUT2D eigenvalue weighted by Gasteiger charge is -2.07. The second-order valence-electron chi connectivity index (χ2n) is 5.80. The van der Waals surface area contributed by atoms with Gasteiger partial charge in [0.05, 0.1) is 16.7 Å². The number of rotatable bonds is 6. The maximum Gasteiger partial charge on any atom is 0.343 e. The number of nitrogens with one attached hydrogen (secondary N) is 1. The zero-order valence-electron chi connectivity index (χ0n) is 15.0. The van der Waals surface area contributed by atoms with Crippen molar-refractivity contribution in [3.8, 4) is 5.75 Å². The molecule has 0 fully saturated rings. The molecule has 0 aliphatic rings. The van der Waals surface area contributed by atoms with Gasteiger partial charge in [0.2, 0.25) is 0 Å². The van der Waals surface area contributed by atoms with Gasteiger partial charge < -0.3 is 4.74 Å². The molecule has 29 heavy (non-hydrogen) atoms. The number of ether oxygens (including phenoxy) is 1. The third-order valence-corrected chi connectivity index (χ3v) is 3.84. The topological polar surface area (TPSA) is 111 Å². The van der Waals surface area contributed by atoms with Crippen molar-refractivity contribution < 1.29 is 19.2 Å². The Morgan fingerprint density at radius 1 is 0.897 bits per heavy atom. The first kappa shape index (κ1) is 19.4. The van der Waals surface area contributed by atoms with Crippen molar-refractivity contribution in [2.45, 2.75) is 0 Å². The molecule has 3 aromatic rings. The minimum atomic E-state index is -0.672. The molecule has 0 aliphatic heterocycles. The summed E-state index contributed by atoms with van der Waals surface area (Å²) >= 11 is 0. The van der Waals surface area contributed by atoms with E-state index in [1.807, 2.05) is 0 Å². The first-order chi connectivity index (χ1) is 14.0. The van der Waals surface area contributed by atoms with Crippen LogP contribution in [0.3, 0.4) is 0 Å². The number of para-hydroxylation sites is 1. The Morgan fingerprint density at radius 3 is 2.24 bits per heavy atom. The number of nitro benzene ring substituents is 1. The predicted octanol–water partition coefficient (Wildman–Crippen LogP) is 3.58. The minimum Gasteiger partial charge on any atom is -0.422 e. The van der Waals surface area contributed by atoms with Crippen LogP contribution in [0.2, 0.25) is 0 Å². The van der Waals surface area contributed by atoms with Crippen LogP contribution in [-0.2, 0) is 0 Å². The molecule has 0 radical (unpaired) electrons. The summed E-state index contributed by atoms with van der Waals surface area (Å²) < 4.78 is 5.36. The molecule has 0 saturated heterocycles. The van der Waals surface area contributed by atoms with Crippen LogP contribution in [0.4, 0.5) is 5.69 Å². The number of carbonyl (C=O) groups excluding carboxylic acids is 2. The monoisotopic (exact) mass is 389 g/mol. The van der Waals surface area contributed by atoms with Gasteiger partial charge >= 0.3 is 5.97 Å². The smallest absolute Gasteiger partial charge is 0.343 e. The summed E-state index contributed by atoms with van der Waals surface area (Å²) in [6.07, 6.45) is 1.36. The second kappa shape index (κ2) is 9.05. The molecule has 0 saturated carbocycles. The highest BCUT2D eigenvalue weighted by molar-refractivity contribution is 5.96. The molecule has 8 heteroatoms. The molecular weight excluding hydrogens is 374 g/mol. The van der Waals surface area contributed by atoms with Crippen LogP contribution < -0.4 is 10.2 Å². The van der Waals surface area contributed by atoms with E-state index in [0.717, 1.165) is 0 Å². The van der Waals surface area contributed by atoms with Crippen molar-refractivity contribution in [1.82, 2.24) is 5.43 Å². The predicted molar refractivity (Wildman–Crippen MR) is 106 cm³/mol. The van der Waals surface area contributed by atoms with E-state index in [9.17, 15) is 19.7 Å². The summed E-state index contributed by atoms with van der Waals surface area (Å²) in [4.78, 5) is 34.5. The number of amides is 1. The highest BCUT2D eigenvalue weighted by atomic mass is 16.6. The molecular formula is C21H15N3O5. The van der Waals surface area contributed by atoms with Crippen molar-refractivity contribution in [2.24, 2.45) is 5.10 Å². The van der Waals surface area contributed by atoms with Crippen molar-refractivity contribution in [3.63, 3.8) is 0 Å². The average Bonchev–Trinajstić information content (AvgIpc) is 2.75. The van der Waals surface area contributed by atoms with Crippen LogP contribution in [0.15, 0.2) is 84.0 Å². The Labute approximate surface area is 165 Å². The molecule has 0 spiro atoms. The number of hydrazone groups is 1. The van der Waals surface area contributed by atoms with Gasteiger partial charge in [-0.1, -0.05) is 30.3 Å². The number of carbonyl (C=O) groups is 2. The van der Waals surface area contributed by atoms with Gasteiger partial charge in [0.25, 0.3) is 11.6 Å². The van der Waals surface area contributed by atoms with Gasteiger partial charge in [-0.2, -0.15) is 5.10 Å². The van der Waals surface area contributed by atoms with Gasteiger partial charge in [0, 0.05) is 23.3 Å². The quantitative estimate of drug-likeness (QED) is 0.228. The van der Waals surface area contributed by atoms with Crippen LogP contribution in [0, 0.1) is 10.1 Å². The Kier molecular flexibility index (Phi) is 6.06. The van der Waals surface area contributed by atoms with E-state index in [1.54, 1.807) is 54.6 Å². The zero-order valence-corrected chi connectivity index (χ0v) is 15.0. The molecule has 0 bridgehead atoms. The van der Waals surface area contributed by atoms with Gasteiger partial charge in [-0.15, -0.1) is 0 Å². The summed E-state index contributed by atoms with van der Waals surface area (Å²) in [7, 11) is 0. The lowest BCUT2D eigenvalue weighted by molar-refractivity contribution is -0.384. The van der Waals surface area contributed by atoms with E-state index in [0.29, 0.717) is 11.1 Å². The summed E-state index contributed by atoms with van der Waals surface area (Å²) in [5.41, 5.74) is 3.38. The number of hydrogen-bond acceptors (Lipinski definition) is 6. The van der Waals surface area contributed by atoms with Gasteiger partial charge in [-0.05, 0) is 36.4 Å². The Bertz CT molecular complexity index is 1060. The van der Waals surface area contributed by atoms with Crippen LogP contribution in [0.25, 0.3) is 0 Å². The zero-order chi connectivity index (χ0) is 20.6. The molecule has 144 valence electrons. The number of benzene rings is 3. The van der Waals surface area contributed by atoms with E-state index in [2.05, 4.69) is 10.5 Å². The Morgan fingerprint density at radius 2 is 1.55 bits per heavy atom. The van der Waals surface area contributed by atoms with E-state index in [-0.39, 0.29) is 22.9 Å². The Hall–Kier alpha value is -4.33. The van der Waals surface area contributed by atoms with Gasteiger partial charge in [0.1, 0.15) is 5.75 Å². The van der Waals surface area contributed by atoms with Crippen molar-refractivity contribution >= 4 is 23.8 Å². The lowest BCUT2D eigenvalue weighted by atomic mass is 10.2. The fourth-order valence-electron chi connectivity index (χ4n) is 2.37. The van der Waals surface area contributed by atoms with E-state index in [1.165, 1.54) is 30.5 Å². The van der Waals surface area contributed by atoms with Crippen molar-refractivity contribution in [2.75, 3.05) is 0 Å². The maximum absolute atomic E-state index is 12.3. The summed E-state index contributed by atoms with van der Waals surface area (Å²) in [5.74, 6) is -0.815. The van der Waals surface area contributed by atoms with Crippen molar-refractivity contribution in [3.05, 3.63) is 106 Å². The molecule has 1 amide bonds. The third-order valence-electron chi connectivity index (χ3n) is 3.84. The first-order valence-corrected chi connectivity index (χ1v) is 8.49. The first-order valence-electron chi connectivity index (χ1n) is 8.49. The van der Waals surface area contributed by atoms with E-state index < -0.39 is 10.9 Å². The summed E-state index contributed by atoms with van der Waals surface area (Å²) in [5, 5.41) is 14.6. The number of non-ortho nitro benzene ring substituents is 1. The molecule has 0 aromatic heterocycles. The fraction of sp³-hybridized carbons (Fsp3) is 0. The molecule has 0 atom stereocenters. The number of nitro groups is 1. The van der Waals surface area contributed by atoms with Crippen LogP contribution in [-0.4, -0.2) is 23.0 Å². The summed E-state index contributed by atoms with van der Waals surface area (Å²) in [6, 6.07) is 20.3. The number of esters is 1. The van der Waals surface area contributed by atoms with Crippen LogP contribution in [0.1, 0.15) is 26.3 Å². The normalized spacial score (nSPS) is 10.5.